The second-order valence-corrected chi connectivity index (χ2v) is 4.35. The van der Waals surface area contributed by atoms with Gasteiger partial charge in [0.05, 0.1) is 0 Å². The number of aliphatic hydroxyl groups is 4. The standard InChI is InChI=1S/C10H17F5O4/c1-2-3-4-5-6-7(11,12)8(13,14)9(15,16)10(17,18)19/h16-19H,2-6H2,1H3. The number of halogens is 5. The van der Waals surface area contributed by atoms with Gasteiger partial charge in [-0.2, -0.15) is 22.0 Å². The summed E-state index contributed by atoms with van der Waals surface area (Å²) in [5, 5.41) is 33.2. The SMILES string of the molecule is CCCCCCC(F)(F)C(F)(F)C(O)(F)C(O)(O)O. The smallest absolute Gasteiger partial charge is 0.351 e. The van der Waals surface area contributed by atoms with Crippen LogP contribution < -0.4 is 0 Å². The van der Waals surface area contributed by atoms with Crippen LogP contribution in [0, 0.1) is 0 Å². The molecule has 0 saturated carbocycles. The molecule has 0 fully saturated rings. The second-order valence-electron chi connectivity index (χ2n) is 4.35. The van der Waals surface area contributed by atoms with Crippen LogP contribution in [0.25, 0.3) is 0 Å². The van der Waals surface area contributed by atoms with E-state index >= 15 is 0 Å². The highest BCUT2D eigenvalue weighted by Crippen LogP contribution is 2.48. The fourth-order valence-electron chi connectivity index (χ4n) is 1.38. The average Bonchev–Trinajstić information content (AvgIpc) is 2.22. The van der Waals surface area contributed by atoms with E-state index in [1.165, 1.54) is 0 Å². The van der Waals surface area contributed by atoms with Crippen LogP contribution in [0.3, 0.4) is 0 Å². The summed E-state index contributed by atoms with van der Waals surface area (Å²) in [5.74, 6) is -21.5. The lowest BCUT2D eigenvalue weighted by atomic mass is 9.96. The van der Waals surface area contributed by atoms with E-state index in [-0.39, 0.29) is 12.8 Å². The highest BCUT2D eigenvalue weighted by molar-refractivity contribution is 4.99. The number of hydrogen-bond acceptors (Lipinski definition) is 4. The summed E-state index contributed by atoms with van der Waals surface area (Å²) in [6.45, 7) is 1.75. The normalized spacial score (nSPS) is 17.4. The third kappa shape index (κ3) is 3.74. The van der Waals surface area contributed by atoms with Crippen LogP contribution >= 0.6 is 0 Å². The van der Waals surface area contributed by atoms with Gasteiger partial charge in [0.15, 0.2) is 0 Å². The fraction of sp³-hybridized carbons (Fsp3) is 1.00. The van der Waals surface area contributed by atoms with Gasteiger partial charge in [0.2, 0.25) is 0 Å². The number of rotatable bonds is 8. The van der Waals surface area contributed by atoms with Gasteiger partial charge >= 0.3 is 23.7 Å². The van der Waals surface area contributed by atoms with Crippen molar-refractivity contribution in [3.63, 3.8) is 0 Å². The maximum absolute atomic E-state index is 13.2. The molecule has 0 aromatic heterocycles. The molecule has 4 N–H and O–H groups in total. The van der Waals surface area contributed by atoms with E-state index in [1.54, 1.807) is 6.92 Å². The first-order valence-electron chi connectivity index (χ1n) is 5.65. The maximum atomic E-state index is 13.2. The molecule has 0 rings (SSSR count). The van der Waals surface area contributed by atoms with Crippen molar-refractivity contribution >= 4 is 0 Å². The van der Waals surface area contributed by atoms with Crippen molar-refractivity contribution < 1.29 is 42.4 Å². The van der Waals surface area contributed by atoms with Gasteiger partial charge in [0.1, 0.15) is 0 Å². The highest BCUT2D eigenvalue weighted by atomic mass is 19.3. The van der Waals surface area contributed by atoms with Crippen LogP contribution in [0.4, 0.5) is 22.0 Å². The minimum Gasteiger partial charge on any atom is -0.351 e. The molecule has 0 heterocycles. The summed E-state index contributed by atoms with van der Waals surface area (Å²) in [6.07, 6.45) is -0.493. The van der Waals surface area contributed by atoms with Crippen molar-refractivity contribution in [1.29, 1.82) is 0 Å². The van der Waals surface area contributed by atoms with E-state index in [0.717, 1.165) is 0 Å². The van der Waals surface area contributed by atoms with Gasteiger partial charge in [-0.25, -0.2) is 0 Å². The van der Waals surface area contributed by atoms with Crippen molar-refractivity contribution in [3.05, 3.63) is 0 Å². The first-order chi connectivity index (χ1) is 8.31. The van der Waals surface area contributed by atoms with Crippen molar-refractivity contribution in [2.24, 2.45) is 0 Å². The molecule has 1 unspecified atom stereocenters. The maximum Gasteiger partial charge on any atom is 0.375 e. The average molecular weight is 296 g/mol. The minimum absolute atomic E-state index is 0.190. The van der Waals surface area contributed by atoms with Crippen LogP contribution in [0.5, 0.6) is 0 Å². The number of alkyl halides is 5. The second kappa shape index (κ2) is 5.86. The molecule has 0 radical (unpaired) electrons. The van der Waals surface area contributed by atoms with Gasteiger partial charge in [-0.1, -0.05) is 26.2 Å². The molecule has 116 valence electrons. The third-order valence-corrected chi connectivity index (χ3v) is 2.66. The molecule has 9 heteroatoms. The van der Waals surface area contributed by atoms with Gasteiger partial charge in [-0.05, 0) is 6.42 Å². The van der Waals surface area contributed by atoms with E-state index in [9.17, 15) is 22.0 Å². The van der Waals surface area contributed by atoms with Crippen LogP contribution in [0.15, 0.2) is 0 Å². The highest BCUT2D eigenvalue weighted by Gasteiger charge is 2.77. The predicted molar refractivity (Wildman–Crippen MR) is 54.1 cm³/mol. The van der Waals surface area contributed by atoms with Crippen LogP contribution in [0.2, 0.25) is 0 Å². The van der Waals surface area contributed by atoms with E-state index < -0.39 is 30.1 Å². The Balaban J connectivity index is 4.96. The van der Waals surface area contributed by atoms with E-state index in [1.807, 2.05) is 0 Å². The molecular weight excluding hydrogens is 279 g/mol. The quantitative estimate of drug-likeness (QED) is 0.311. The fourth-order valence-corrected chi connectivity index (χ4v) is 1.38. The Morgan fingerprint density at radius 1 is 0.789 bits per heavy atom. The molecule has 19 heavy (non-hydrogen) atoms. The van der Waals surface area contributed by atoms with Gasteiger partial charge in [0, 0.05) is 6.42 Å². The summed E-state index contributed by atoms with van der Waals surface area (Å²) in [4.78, 5) is 0. The van der Waals surface area contributed by atoms with E-state index in [2.05, 4.69) is 0 Å². The van der Waals surface area contributed by atoms with Crippen LogP contribution in [-0.4, -0.2) is 44.1 Å². The lowest BCUT2D eigenvalue weighted by Gasteiger charge is -2.37. The Bertz CT molecular complexity index is 288. The van der Waals surface area contributed by atoms with Crippen molar-refractivity contribution in [3.8, 4) is 0 Å². The van der Waals surface area contributed by atoms with Crippen molar-refractivity contribution in [2.45, 2.75) is 62.7 Å². The Labute approximate surface area is 106 Å². The van der Waals surface area contributed by atoms with Crippen LogP contribution in [0.1, 0.15) is 39.0 Å². The molecule has 1 atom stereocenters. The molecule has 0 amide bonds. The molecule has 0 aromatic rings. The summed E-state index contributed by atoms with van der Waals surface area (Å²) in [5.41, 5.74) is 0. The van der Waals surface area contributed by atoms with Gasteiger partial charge in [-0.15, -0.1) is 0 Å². The van der Waals surface area contributed by atoms with E-state index in [0.29, 0.717) is 12.8 Å². The lowest BCUT2D eigenvalue weighted by Crippen LogP contribution is -2.67. The van der Waals surface area contributed by atoms with Crippen molar-refractivity contribution in [2.75, 3.05) is 0 Å². The Hall–Kier alpha value is -0.510. The van der Waals surface area contributed by atoms with Gasteiger partial charge < -0.3 is 20.4 Å². The molecule has 0 bridgehead atoms. The number of unbranched alkanes of at least 4 members (excludes halogenated alkanes) is 3. The predicted octanol–water partition coefficient (Wildman–Crippen LogP) is 1.52. The van der Waals surface area contributed by atoms with Gasteiger partial charge in [-0.3, -0.25) is 0 Å². The molecule has 0 aliphatic rings. The molecule has 4 nitrogen and oxygen atoms in total. The Morgan fingerprint density at radius 2 is 1.26 bits per heavy atom. The topological polar surface area (TPSA) is 80.9 Å². The molecule has 0 saturated heterocycles. The zero-order valence-electron chi connectivity index (χ0n) is 10.2. The first kappa shape index (κ1) is 18.5. The molecule has 0 spiro atoms. The minimum atomic E-state index is -5.87. The molecular formula is C10H17F5O4. The van der Waals surface area contributed by atoms with Crippen molar-refractivity contribution in [1.82, 2.24) is 0 Å². The largest absolute Gasteiger partial charge is 0.375 e. The van der Waals surface area contributed by atoms with E-state index in [4.69, 9.17) is 20.4 Å². The monoisotopic (exact) mass is 296 g/mol. The summed E-state index contributed by atoms with van der Waals surface area (Å²) in [7, 11) is 0. The molecule has 0 aromatic carbocycles. The first-order valence-corrected chi connectivity index (χ1v) is 5.65. The zero-order chi connectivity index (χ0) is 15.5. The molecule has 0 aliphatic heterocycles. The molecule has 0 aliphatic carbocycles. The number of hydrogen-bond donors (Lipinski definition) is 4. The summed E-state index contributed by atoms with van der Waals surface area (Å²) >= 11 is 0. The Kier molecular flexibility index (Phi) is 5.70. The Morgan fingerprint density at radius 3 is 1.63 bits per heavy atom. The van der Waals surface area contributed by atoms with Gasteiger partial charge in [0.25, 0.3) is 0 Å². The third-order valence-electron chi connectivity index (χ3n) is 2.66. The lowest BCUT2D eigenvalue weighted by molar-refractivity contribution is -0.486. The van der Waals surface area contributed by atoms with Crippen LogP contribution in [-0.2, 0) is 0 Å². The summed E-state index contributed by atoms with van der Waals surface area (Å²) in [6, 6.07) is 0. The summed E-state index contributed by atoms with van der Waals surface area (Å²) < 4.78 is 65.6. The zero-order valence-corrected chi connectivity index (χ0v) is 10.2.